The smallest absolute Gasteiger partial charge is 0.319 e. The van der Waals surface area contributed by atoms with Gasteiger partial charge in [0.1, 0.15) is 53.4 Å². The zero-order valence-corrected chi connectivity index (χ0v) is 38.7. The summed E-state index contributed by atoms with van der Waals surface area (Å²) in [6, 6.07) is 27.3. The fourth-order valence-electron chi connectivity index (χ4n) is 10.8. The first-order valence-corrected chi connectivity index (χ1v) is 24.7. The van der Waals surface area contributed by atoms with Crippen LogP contribution in [0.15, 0.2) is 84.9 Å². The SMILES string of the molecule is COCOc1cc(-c2nc3c4c(nc(OC[C@@]56CCCN5C[C@H](F)C6)nc4c2F)N(C)[C@@H](CCO[Si](c2ccccc2)(c2ccccc2)C(C)(C)C)CO3)c2c(C3CC3)c(F)ccc2c1. The molecule has 6 aromatic rings. The number of hydrogen-bond acceptors (Lipinski definition) is 10. The van der Waals surface area contributed by atoms with E-state index in [2.05, 4.69) is 74.2 Å². The highest BCUT2D eigenvalue weighted by atomic mass is 28.4. The number of rotatable bonds is 14. The Kier molecular flexibility index (Phi) is 11.5. The van der Waals surface area contributed by atoms with Gasteiger partial charge >= 0.3 is 6.01 Å². The van der Waals surface area contributed by atoms with E-state index < -0.39 is 25.8 Å². The number of likely N-dealkylation sites (N-methyl/N-ethyl adjacent to an activating group) is 1. The molecule has 0 amide bonds. The third-order valence-corrected chi connectivity index (χ3v) is 19.1. The topological polar surface area (TPSA) is 91.3 Å². The maximum atomic E-state index is 17.8. The molecule has 10 nitrogen and oxygen atoms in total. The Morgan fingerprint density at radius 2 is 1.65 bits per heavy atom. The predicted octanol–water partition coefficient (Wildman–Crippen LogP) is 9.10. The normalized spacial score (nSPS) is 21.1. The van der Waals surface area contributed by atoms with Crippen molar-refractivity contribution in [2.75, 3.05) is 58.8 Å². The second-order valence-electron chi connectivity index (χ2n) is 19.2. The summed E-state index contributed by atoms with van der Waals surface area (Å²) in [5, 5.41) is 3.67. The van der Waals surface area contributed by atoms with Crippen LogP contribution in [-0.2, 0) is 9.16 Å². The molecule has 14 heteroatoms. The highest BCUT2D eigenvalue weighted by molar-refractivity contribution is 6.99. The predicted molar refractivity (Wildman–Crippen MR) is 249 cm³/mol. The van der Waals surface area contributed by atoms with E-state index in [4.69, 9.17) is 38.3 Å². The Bertz CT molecular complexity index is 2680. The van der Waals surface area contributed by atoms with Gasteiger partial charge in [0.05, 0.1) is 11.6 Å². The van der Waals surface area contributed by atoms with Gasteiger partial charge in [0, 0.05) is 39.3 Å². The van der Waals surface area contributed by atoms with E-state index >= 15 is 8.78 Å². The summed E-state index contributed by atoms with van der Waals surface area (Å²) in [4.78, 5) is 18.9. The molecule has 3 aliphatic heterocycles. The van der Waals surface area contributed by atoms with Crippen molar-refractivity contribution in [3.8, 4) is 28.9 Å². The number of anilines is 1. The van der Waals surface area contributed by atoms with Gasteiger partial charge in [-0.25, -0.2) is 18.2 Å². The zero-order valence-electron chi connectivity index (χ0n) is 37.7. The molecule has 4 aliphatic rings. The molecule has 0 bridgehead atoms. The van der Waals surface area contributed by atoms with Crippen molar-refractivity contribution in [2.45, 2.75) is 88.0 Å². The average Bonchev–Trinajstić information content (AvgIpc) is 4.02. The average molecular weight is 904 g/mol. The van der Waals surface area contributed by atoms with E-state index in [1.165, 1.54) is 23.5 Å². The zero-order chi connectivity index (χ0) is 45.1. The van der Waals surface area contributed by atoms with E-state index in [0.29, 0.717) is 64.8 Å². The van der Waals surface area contributed by atoms with Crippen LogP contribution in [0.25, 0.3) is 32.9 Å². The number of alkyl halides is 1. The molecule has 1 aliphatic carbocycles. The molecule has 5 heterocycles. The van der Waals surface area contributed by atoms with Crippen molar-refractivity contribution >= 4 is 46.2 Å². The molecule has 10 rings (SSSR count). The lowest BCUT2D eigenvalue weighted by molar-refractivity contribution is 0.0512. The summed E-state index contributed by atoms with van der Waals surface area (Å²) in [5.74, 6) is -0.134. The van der Waals surface area contributed by atoms with Crippen LogP contribution in [0.2, 0.25) is 5.04 Å². The highest BCUT2D eigenvalue weighted by Gasteiger charge is 2.51. The monoisotopic (exact) mass is 903 g/mol. The molecule has 3 atom stereocenters. The fourth-order valence-corrected chi connectivity index (χ4v) is 15.4. The number of fused-ring (bicyclic) bond motifs is 2. The Morgan fingerprint density at radius 3 is 2.34 bits per heavy atom. The number of benzene rings is 4. The van der Waals surface area contributed by atoms with Crippen molar-refractivity contribution < 1.29 is 36.5 Å². The van der Waals surface area contributed by atoms with E-state index in [1.54, 1.807) is 12.1 Å². The number of methoxy groups -OCH3 is 1. The van der Waals surface area contributed by atoms with E-state index in [0.717, 1.165) is 32.2 Å². The Labute approximate surface area is 379 Å². The quantitative estimate of drug-likeness (QED) is 0.0779. The highest BCUT2D eigenvalue weighted by Crippen LogP contribution is 2.49. The Morgan fingerprint density at radius 1 is 0.908 bits per heavy atom. The van der Waals surface area contributed by atoms with Gasteiger partial charge in [-0.2, -0.15) is 9.97 Å². The van der Waals surface area contributed by atoms with Crippen LogP contribution < -0.4 is 29.5 Å². The van der Waals surface area contributed by atoms with Crippen LogP contribution >= 0.6 is 0 Å². The molecule has 4 aromatic carbocycles. The fraction of sp³-hybridized carbons (Fsp3) is 0.431. The maximum Gasteiger partial charge on any atom is 0.319 e. The molecule has 0 spiro atoms. The molecule has 340 valence electrons. The lowest BCUT2D eigenvalue weighted by atomic mass is 9.93. The molecular formula is C51H56F3N5O5Si. The van der Waals surface area contributed by atoms with Gasteiger partial charge in [-0.3, -0.25) is 4.90 Å². The largest absolute Gasteiger partial charge is 0.475 e. The number of nitrogens with zero attached hydrogens (tertiary/aromatic N) is 5. The molecule has 2 saturated heterocycles. The van der Waals surface area contributed by atoms with Gasteiger partial charge in [0.25, 0.3) is 8.32 Å². The third-order valence-electron chi connectivity index (χ3n) is 14.1. The van der Waals surface area contributed by atoms with Gasteiger partial charge in [-0.15, -0.1) is 0 Å². The minimum absolute atomic E-state index is 0.00651. The van der Waals surface area contributed by atoms with Gasteiger partial charge in [-0.05, 0) is 94.5 Å². The Balaban J connectivity index is 1.07. The third kappa shape index (κ3) is 7.79. The van der Waals surface area contributed by atoms with Gasteiger partial charge in [0.15, 0.2) is 12.6 Å². The van der Waals surface area contributed by atoms with E-state index in [1.807, 2.05) is 30.1 Å². The molecular weight excluding hydrogens is 848 g/mol. The lowest BCUT2D eigenvalue weighted by Crippen LogP contribution is -2.66. The number of pyridine rings is 1. The van der Waals surface area contributed by atoms with Crippen LogP contribution in [0, 0.1) is 11.6 Å². The number of halogens is 3. The molecule has 0 unspecified atom stereocenters. The molecule has 3 fully saturated rings. The van der Waals surface area contributed by atoms with Gasteiger partial charge in [-0.1, -0.05) is 87.5 Å². The van der Waals surface area contributed by atoms with Crippen LogP contribution in [-0.4, -0.2) is 99.8 Å². The van der Waals surface area contributed by atoms with Crippen molar-refractivity contribution in [1.29, 1.82) is 0 Å². The first-order chi connectivity index (χ1) is 31.4. The van der Waals surface area contributed by atoms with Crippen molar-refractivity contribution in [3.63, 3.8) is 0 Å². The first-order valence-electron chi connectivity index (χ1n) is 22.8. The number of aromatic nitrogens is 3. The van der Waals surface area contributed by atoms with Crippen LogP contribution in [0.3, 0.4) is 0 Å². The summed E-state index contributed by atoms with van der Waals surface area (Å²) in [6.45, 7) is 8.60. The molecule has 0 N–H and O–H groups in total. The molecule has 65 heavy (non-hydrogen) atoms. The van der Waals surface area contributed by atoms with Crippen LogP contribution in [0.5, 0.6) is 17.6 Å². The summed E-state index contributed by atoms with van der Waals surface area (Å²) in [5.41, 5.74) is 0.290. The minimum Gasteiger partial charge on any atom is -0.475 e. The van der Waals surface area contributed by atoms with Crippen LogP contribution in [0.4, 0.5) is 19.0 Å². The van der Waals surface area contributed by atoms with Crippen LogP contribution in [0.1, 0.15) is 70.8 Å². The van der Waals surface area contributed by atoms with Crippen molar-refractivity contribution in [1.82, 2.24) is 19.9 Å². The van der Waals surface area contributed by atoms with E-state index in [9.17, 15) is 4.39 Å². The second-order valence-corrected chi connectivity index (χ2v) is 23.5. The van der Waals surface area contributed by atoms with E-state index in [-0.39, 0.29) is 65.9 Å². The summed E-state index contributed by atoms with van der Waals surface area (Å²) < 4.78 is 80.2. The summed E-state index contributed by atoms with van der Waals surface area (Å²) in [6.07, 6.45) is 3.32. The second kappa shape index (κ2) is 17.2. The first kappa shape index (κ1) is 43.6. The molecule has 2 aromatic heterocycles. The van der Waals surface area contributed by atoms with Crippen molar-refractivity contribution in [3.05, 3.63) is 102 Å². The Hall–Kier alpha value is -5.28. The van der Waals surface area contributed by atoms with Crippen molar-refractivity contribution in [2.24, 2.45) is 0 Å². The van der Waals surface area contributed by atoms with Gasteiger partial charge < -0.3 is 28.3 Å². The summed E-state index contributed by atoms with van der Waals surface area (Å²) >= 11 is 0. The summed E-state index contributed by atoms with van der Waals surface area (Å²) in [7, 11) is 0.565. The molecule has 0 radical (unpaired) electrons. The number of hydrogen-bond donors (Lipinski definition) is 0. The minimum atomic E-state index is -2.87. The maximum absolute atomic E-state index is 17.8. The molecule has 1 saturated carbocycles. The number of ether oxygens (including phenoxy) is 4. The van der Waals surface area contributed by atoms with Gasteiger partial charge in [0.2, 0.25) is 5.88 Å². The lowest BCUT2D eigenvalue weighted by Gasteiger charge is -2.43. The standard InChI is InChI=1S/C51H56F3N5O5Si/c1-50(2,3)65(37-13-8-6-9-14-37,38-15-10-7-11-16-38)64-24-21-35-29-61-48-43-46(56-49(57-47(43)58(35)4)62-30-51-22-12-23-59(51)28-34(52)27-51)44(54)45(55-48)39-26-36(63-31-60-5)25-33-19-20-40(53)42(41(33)39)32-17-18-32/h6-11,13-16,19-20,25-26,32,34-35H,12,17-18,21-24,27-31H2,1-5H3/t34-,35+,51+/m1/s1.